The molecular formula is C15H13BrFNO. The molecule has 0 bridgehead atoms. The van der Waals surface area contributed by atoms with Crippen LogP contribution in [0.2, 0.25) is 0 Å². The number of benzene rings is 2. The molecule has 2 aromatic rings. The number of hydrogen-bond acceptors (Lipinski definition) is 1. The molecule has 0 saturated heterocycles. The van der Waals surface area contributed by atoms with Gasteiger partial charge in [-0.1, -0.05) is 24.3 Å². The lowest BCUT2D eigenvalue weighted by Gasteiger charge is -2.09. The van der Waals surface area contributed by atoms with Crippen LogP contribution in [-0.2, 0) is 11.2 Å². The SMILES string of the molecule is Cc1cccc(NC(=O)Cc2cccc(F)c2)c1Br. The Morgan fingerprint density at radius 1 is 1.26 bits per heavy atom. The summed E-state index contributed by atoms with van der Waals surface area (Å²) in [5.41, 5.74) is 2.42. The highest BCUT2D eigenvalue weighted by Crippen LogP contribution is 2.25. The fourth-order valence-electron chi connectivity index (χ4n) is 1.77. The van der Waals surface area contributed by atoms with Crippen LogP contribution < -0.4 is 5.32 Å². The molecule has 2 nitrogen and oxygen atoms in total. The van der Waals surface area contributed by atoms with Crippen molar-refractivity contribution in [3.63, 3.8) is 0 Å². The largest absolute Gasteiger partial charge is 0.325 e. The molecule has 0 aliphatic carbocycles. The lowest BCUT2D eigenvalue weighted by molar-refractivity contribution is -0.115. The average molecular weight is 322 g/mol. The number of carbonyl (C=O) groups is 1. The Morgan fingerprint density at radius 2 is 2.00 bits per heavy atom. The Kier molecular flexibility index (Phi) is 4.32. The summed E-state index contributed by atoms with van der Waals surface area (Å²) in [6, 6.07) is 11.7. The van der Waals surface area contributed by atoms with Crippen LogP contribution in [0, 0.1) is 12.7 Å². The number of aryl methyl sites for hydroxylation is 1. The Balaban J connectivity index is 2.08. The topological polar surface area (TPSA) is 29.1 Å². The Labute approximate surface area is 119 Å². The highest BCUT2D eigenvalue weighted by Gasteiger charge is 2.08. The van der Waals surface area contributed by atoms with Crippen molar-refractivity contribution in [1.29, 1.82) is 0 Å². The predicted molar refractivity (Wildman–Crippen MR) is 77.6 cm³/mol. The zero-order valence-electron chi connectivity index (χ0n) is 10.4. The molecule has 0 saturated carbocycles. The molecule has 2 aromatic carbocycles. The van der Waals surface area contributed by atoms with Crippen LogP contribution in [0.5, 0.6) is 0 Å². The summed E-state index contributed by atoms with van der Waals surface area (Å²) in [7, 11) is 0. The standard InChI is InChI=1S/C15H13BrFNO/c1-10-4-2-7-13(15(10)16)18-14(19)9-11-5-3-6-12(17)8-11/h2-8H,9H2,1H3,(H,18,19). The van der Waals surface area contributed by atoms with Crippen molar-refractivity contribution in [1.82, 2.24) is 0 Å². The van der Waals surface area contributed by atoms with E-state index in [0.29, 0.717) is 5.56 Å². The van der Waals surface area contributed by atoms with E-state index >= 15 is 0 Å². The molecule has 0 aliphatic heterocycles. The highest BCUT2D eigenvalue weighted by atomic mass is 79.9. The maximum atomic E-state index is 13.0. The van der Waals surface area contributed by atoms with Crippen molar-refractivity contribution >= 4 is 27.5 Å². The fourth-order valence-corrected chi connectivity index (χ4v) is 2.13. The number of amides is 1. The molecule has 1 amide bonds. The summed E-state index contributed by atoms with van der Waals surface area (Å²) in [5.74, 6) is -0.501. The maximum absolute atomic E-state index is 13.0. The summed E-state index contributed by atoms with van der Waals surface area (Å²) in [6.45, 7) is 1.95. The number of hydrogen-bond donors (Lipinski definition) is 1. The van der Waals surface area contributed by atoms with Gasteiger partial charge in [-0.2, -0.15) is 0 Å². The Hall–Kier alpha value is -1.68. The summed E-state index contributed by atoms with van der Waals surface area (Å²) >= 11 is 3.43. The third-order valence-corrected chi connectivity index (χ3v) is 3.77. The minimum absolute atomic E-state index is 0.151. The van der Waals surface area contributed by atoms with E-state index in [1.54, 1.807) is 12.1 Å². The second-order valence-electron chi connectivity index (χ2n) is 4.29. The molecule has 2 rings (SSSR count). The van der Waals surface area contributed by atoms with Gasteiger partial charge in [0.15, 0.2) is 0 Å². The van der Waals surface area contributed by atoms with Crippen molar-refractivity contribution in [2.75, 3.05) is 5.32 Å². The first-order chi connectivity index (χ1) is 9.06. The summed E-state index contributed by atoms with van der Waals surface area (Å²) in [5, 5.41) is 2.81. The van der Waals surface area contributed by atoms with Gasteiger partial charge in [-0.3, -0.25) is 4.79 Å². The van der Waals surface area contributed by atoms with Crippen molar-refractivity contribution in [3.05, 3.63) is 63.9 Å². The van der Waals surface area contributed by atoms with Gasteiger partial charge in [-0.25, -0.2) is 4.39 Å². The maximum Gasteiger partial charge on any atom is 0.228 e. The van der Waals surface area contributed by atoms with Crippen LogP contribution in [0.3, 0.4) is 0 Å². The van der Waals surface area contributed by atoms with Gasteiger partial charge >= 0.3 is 0 Å². The minimum Gasteiger partial charge on any atom is -0.325 e. The Bertz CT molecular complexity index is 613. The second kappa shape index (κ2) is 5.97. The number of anilines is 1. The lowest BCUT2D eigenvalue weighted by atomic mass is 10.1. The van der Waals surface area contributed by atoms with Crippen LogP contribution in [-0.4, -0.2) is 5.91 Å². The molecule has 0 aliphatic rings. The van der Waals surface area contributed by atoms with E-state index in [9.17, 15) is 9.18 Å². The van der Waals surface area contributed by atoms with E-state index in [4.69, 9.17) is 0 Å². The molecule has 0 heterocycles. The van der Waals surface area contributed by atoms with Gasteiger partial charge < -0.3 is 5.32 Å². The van der Waals surface area contributed by atoms with Crippen LogP contribution in [0.15, 0.2) is 46.9 Å². The zero-order chi connectivity index (χ0) is 13.8. The van der Waals surface area contributed by atoms with Gasteiger partial charge in [0.25, 0.3) is 0 Å². The molecule has 0 atom stereocenters. The van der Waals surface area contributed by atoms with E-state index < -0.39 is 0 Å². The van der Waals surface area contributed by atoms with E-state index in [1.165, 1.54) is 12.1 Å². The molecule has 0 spiro atoms. The summed E-state index contributed by atoms with van der Waals surface area (Å²) < 4.78 is 13.9. The summed E-state index contributed by atoms with van der Waals surface area (Å²) in [4.78, 5) is 11.9. The van der Waals surface area contributed by atoms with Gasteiger partial charge in [0, 0.05) is 4.47 Å². The predicted octanol–water partition coefficient (Wildman–Crippen LogP) is 4.08. The Morgan fingerprint density at radius 3 is 2.74 bits per heavy atom. The van der Waals surface area contributed by atoms with Crippen LogP contribution >= 0.6 is 15.9 Å². The lowest BCUT2D eigenvalue weighted by Crippen LogP contribution is -2.15. The number of halogens is 2. The molecule has 0 unspecified atom stereocenters. The van der Waals surface area contributed by atoms with Gasteiger partial charge in [0.1, 0.15) is 5.82 Å². The van der Waals surface area contributed by atoms with Crippen molar-refractivity contribution < 1.29 is 9.18 Å². The minimum atomic E-state index is -0.331. The molecule has 1 N–H and O–H groups in total. The van der Waals surface area contributed by atoms with E-state index in [1.807, 2.05) is 25.1 Å². The van der Waals surface area contributed by atoms with Gasteiger partial charge in [0.05, 0.1) is 12.1 Å². The smallest absolute Gasteiger partial charge is 0.228 e. The van der Waals surface area contributed by atoms with E-state index in [-0.39, 0.29) is 18.1 Å². The fraction of sp³-hybridized carbons (Fsp3) is 0.133. The first-order valence-electron chi connectivity index (χ1n) is 5.85. The number of rotatable bonds is 3. The van der Waals surface area contributed by atoms with Crippen LogP contribution in [0.1, 0.15) is 11.1 Å². The third-order valence-electron chi connectivity index (χ3n) is 2.72. The third kappa shape index (κ3) is 3.64. The van der Waals surface area contributed by atoms with Gasteiger partial charge in [0.2, 0.25) is 5.91 Å². The monoisotopic (exact) mass is 321 g/mol. The zero-order valence-corrected chi connectivity index (χ0v) is 12.0. The highest BCUT2D eigenvalue weighted by molar-refractivity contribution is 9.10. The first-order valence-corrected chi connectivity index (χ1v) is 6.65. The quantitative estimate of drug-likeness (QED) is 0.906. The van der Waals surface area contributed by atoms with E-state index in [2.05, 4.69) is 21.2 Å². The van der Waals surface area contributed by atoms with E-state index in [0.717, 1.165) is 15.7 Å². The average Bonchev–Trinajstić information content (AvgIpc) is 2.35. The van der Waals surface area contributed by atoms with Crippen LogP contribution in [0.4, 0.5) is 10.1 Å². The molecule has 98 valence electrons. The van der Waals surface area contributed by atoms with Gasteiger partial charge in [-0.05, 0) is 52.2 Å². The first kappa shape index (κ1) is 13.7. The number of nitrogens with one attached hydrogen (secondary N) is 1. The number of carbonyl (C=O) groups excluding carboxylic acids is 1. The summed E-state index contributed by atoms with van der Waals surface area (Å²) in [6.07, 6.45) is 0.151. The van der Waals surface area contributed by atoms with Crippen molar-refractivity contribution in [2.45, 2.75) is 13.3 Å². The second-order valence-corrected chi connectivity index (χ2v) is 5.08. The molecular weight excluding hydrogens is 309 g/mol. The van der Waals surface area contributed by atoms with Crippen molar-refractivity contribution in [2.24, 2.45) is 0 Å². The molecule has 19 heavy (non-hydrogen) atoms. The normalized spacial score (nSPS) is 10.3. The van der Waals surface area contributed by atoms with Gasteiger partial charge in [-0.15, -0.1) is 0 Å². The molecule has 4 heteroatoms. The van der Waals surface area contributed by atoms with Crippen molar-refractivity contribution in [3.8, 4) is 0 Å². The molecule has 0 radical (unpaired) electrons. The van der Waals surface area contributed by atoms with Crippen LogP contribution in [0.25, 0.3) is 0 Å². The molecule has 0 fully saturated rings. The molecule has 0 aromatic heterocycles.